The Balaban J connectivity index is 1.96. The van der Waals surface area contributed by atoms with Crippen molar-refractivity contribution in [3.8, 4) is 11.5 Å². The molecule has 0 bridgehead atoms. The Morgan fingerprint density at radius 1 is 1.08 bits per heavy atom. The number of carbonyl (C=O) groups is 1. The molecule has 0 spiro atoms. The standard InChI is InChI=1S/C20H23NO3/c1-24-18-13-8-11-16(19(18)22)20(23)21-14-7-3-6-12-17(21)15-9-4-2-5-10-15/h2,4-5,8-11,13,17,22H,3,6-7,12,14H2,1H3/t17-/m1/s1. The van der Waals surface area contributed by atoms with Gasteiger partial charge in [0.05, 0.1) is 18.7 Å². The molecule has 2 aromatic rings. The van der Waals surface area contributed by atoms with Gasteiger partial charge in [-0.15, -0.1) is 0 Å². The van der Waals surface area contributed by atoms with Crippen LogP contribution in [0.15, 0.2) is 48.5 Å². The van der Waals surface area contributed by atoms with Crippen LogP contribution in [0.2, 0.25) is 0 Å². The highest BCUT2D eigenvalue weighted by Gasteiger charge is 2.29. The number of phenolic OH excluding ortho intramolecular Hbond substituents is 1. The molecule has 3 rings (SSSR count). The minimum absolute atomic E-state index is 0.0480. The highest BCUT2D eigenvalue weighted by Crippen LogP contribution is 2.35. The lowest BCUT2D eigenvalue weighted by Crippen LogP contribution is -2.34. The summed E-state index contributed by atoms with van der Waals surface area (Å²) in [4.78, 5) is 15.0. The molecule has 4 nitrogen and oxygen atoms in total. The summed E-state index contributed by atoms with van der Waals surface area (Å²) in [5.74, 6) is 0.107. The smallest absolute Gasteiger partial charge is 0.258 e. The molecule has 1 amide bonds. The molecule has 0 radical (unpaired) electrons. The Bertz CT molecular complexity index is 699. The van der Waals surface area contributed by atoms with Gasteiger partial charge in [-0.2, -0.15) is 0 Å². The van der Waals surface area contributed by atoms with Crippen LogP contribution in [0.4, 0.5) is 0 Å². The van der Waals surface area contributed by atoms with Gasteiger partial charge >= 0.3 is 0 Å². The summed E-state index contributed by atoms with van der Waals surface area (Å²) >= 11 is 0. The van der Waals surface area contributed by atoms with E-state index in [2.05, 4.69) is 12.1 Å². The minimum Gasteiger partial charge on any atom is -0.504 e. The maximum atomic E-state index is 13.1. The van der Waals surface area contributed by atoms with Gasteiger partial charge in [0.2, 0.25) is 0 Å². The van der Waals surface area contributed by atoms with Crippen molar-refractivity contribution >= 4 is 5.91 Å². The molecule has 1 fully saturated rings. The van der Waals surface area contributed by atoms with Crippen molar-refractivity contribution in [3.63, 3.8) is 0 Å². The number of hydrogen-bond donors (Lipinski definition) is 1. The van der Waals surface area contributed by atoms with Crippen LogP contribution in [0.25, 0.3) is 0 Å². The molecule has 1 atom stereocenters. The average molecular weight is 325 g/mol. The summed E-state index contributed by atoms with van der Waals surface area (Å²) < 4.78 is 5.14. The first-order chi connectivity index (χ1) is 11.7. The number of benzene rings is 2. The van der Waals surface area contributed by atoms with E-state index in [1.54, 1.807) is 18.2 Å². The molecular weight excluding hydrogens is 302 g/mol. The van der Waals surface area contributed by atoms with Gasteiger partial charge in [-0.05, 0) is 30.5 Å². The lowest BCUT2D eigenvalue weighted by molar-refractivity contribution is 0.0677. The minimum atomic E-state index is -0.137. The van der Waals surface area contributed by atoms with E-state index < -0.39 is 0 Å². The maximum absolute atomic E-state index is 13.1. The third-order valence-corrected chi connectivity index (χ3v) is 4.65. The number of phenols is 1. The fourth-order valence-electron chi connectivity index (χ4n) is 3.39. The van der Waals surface area contributed by atoms with Crippen molar-refractivity contribution in [1.29, 1.82) is 0 Å². The third kappa shape index (κ3) is 3.23. The molecule has 0 aromatic heterocycles. The van der Waals surface area contributed by atoms with E-state index in [0.29, 0.717) is 17.9 Å². The molecular formula is C20H23NO3. The summed E-state index contributed by atoms with van der Waals surface area (Å²) in [5.41, 5.74) is 1.45. The first kappa shape index (κ1) is 16.4. The van der Waals surface area contributed by atoms with E-state index in [1.807, 2.05) is 23.1 Å². The van der Waals surface area contributed by atoms with Crippen molar-refractivity contribution in [3.05, 3.63) is 59.7 Å². The zero-order valence-electron chi connectivity index (χ0n) is 13.9. The van der Waals surface area contributed by atoms with Gasteiger partial charge in [-0.3, -0.25) is 4.79 Å². The van der Waals surface area contributed by atoms with E-state index >= 15 is 0 Å². The fraction of sp³-hybridized carbons (Fsp3) is 0.350. The second-order valence-electron chi connectivity index (χ2n) is 6.13. The second kappa shape index (κ2) is 7.39. The van der Waals surface area contributed by atoms with Crippen LogP contribution in [-0.4, -0.2) is 29.6 Å². The maximum Gasteiger partial charge on any atom is 0.258 e. The molecule has 1 heterocycles. The SMILES string of the molecule is COc1cccc(C(=O)N2CCCCC[C@@H]2c2ccccc2)c1O. The molecule has 0 aliphatic carbocycles. The topological polar surface area (TPSA) is 49.8 Å². The number of nitrogens with zero attached hydrogens (tertiary/aromatic N) is 1. The predicted molar refractivity (Wildman–Crippen MR) is 93.3 cm³/mol. The molecule has 1 aliphatic heterocycles. The molecule has 4 heteroatoms. The first-order valence-corrected chi connectivity index (χ1v) is 8.44. The summed E-state index contributed by atoms with van der Waals surface area (Å²) in [6.07, 6.45) is 4.16. The van der Waals surface area contributed by atoms with E-state index in [0.717, 1.165) is 31.2 Å². The van der Waals surface area contributed by atoms with Crippen LogP contribution < -0.4 is 4.74 Å². The number of amides is 1. The zero-order valence-corrected chi connectivity index (χ0v) is 13.9. The number of aromatic hydroxyl groups is 1. The van der Waals surface area contributed by atoms with Crippen molar-refractivity contribution in [2.45, 2.75) is 31.7 Å². The summed E-state index contributed by atoms with van der Waals surface area (Å²) in [7, 11) is 1.49. The van der Waals surface area contributed by atoms with Crippen LogP contribution >= 0.6 is 0 Å². The Kier molecular flexibility index (Phi) is 5.04. The summed E-state index contributed by atoms with van der Waals surface area (Å²) in [6.45, 7) is 0.703. The van der Waals surface area contributed by atoms with E-state index in [4.69, 9.17) is 4.74 Å². The highest BCUT2D eigenvalue weighted by molar-refractivity contribution is 5.98. The fourth-order valence-corrected chi connectivity index (χ4v) is 3.39. The summed E-state index contributed by atoms with van der Waals surface area (Å²) in [6, 6.07) is 15.2. The van der Waals surface area contributed by atoms with Crippen LogP contribution in [0.3, 0.4) is 0 Å². The Morgan fingerprint density at radius 2 is 1.88 bits per heavy atom. The Labute approximate surface area is 142 Å². The van der Waals surface area contributed by atoms with Crippen molar-refractivity contribution in [2.24, 2.45) is 0 Å². The number of para-hydroxylation sites is 1. The molecule has 1 N–H and O–H groups in total. The van der Waals surface area contributed by atoms with Crippen LogP contribution in [-0.2, 0) is 0 Å². The highest BCUT2D eigenvalue weighted by atomic mass is 16.5. The van der Waals surface area contributed by atoms with Gasteiger partial charge in [0, 0.05) is 6.54 Å². The number of methoxy groups -OCH3 is 1. The number of rotatable bonds is 3. The van der Waals surface area contributed by atoms with Crippen molar-refractivity contribution in [1.82, 2.24) is 4.90 Å². The second-order valence-corrected chi connectivity index (χ2v) is 6.13. The van der Waals surface area contributed by atoms with Gasteiger partial charge in [0.15, 0.2) is 11.5 Å². The quantitative estimate of drug-likeness (QED) is 0.922. The molecule has 0 saturated carbocycles. The van der Waals surface area contributed by atoms with E-state index in [1.165, 1.54) is 7.11 Å². The van der Waals surface area contributed by atoms with Gasteiger partial charge in [-0.1, -0.05) is 49.2 Å². The zero-order chi connectivity index (χ0) is 16.9. The number of carbonyl (C=O) groups excluding carboxylic acids is 1. The van der Waals surface area contributed by atoms with Gasteiger partial charge in [0.1, 0.15) is 0 Å². The Hall–Kier alpha value is -2.49. The molecule has 1 saturated heterocycles. The molecule has 126 valence electrons. The first-order valence-electron chi connectivity index (χ1n) is 8.44. The number of hydrogen-bond acceptors (Lipinski definition) is 3. The third-order valence-electron chi connectivity index (χ3n) is 4.65. The monoisotopic (exact) mass is 325 g/mol. The lowest BCUT2D eigenvalue weighted by atomic mass is 10.00. The Morgan fingerprint density at radius 3 is 2.62 bits per heavy atom. The molecule has 2 aromatic carbocycles. The number of likely N-dealkylation sites (tertiary alicyclic amines) is 1. The normalized spacial score (nSPS) is 18.0. The van der Waals surface area contributed by atoms with Gasteiger partial charge < -0.3 is 14.7 Å². The van der Waals surface area contributed by atoms with Crippen LogP contribution in [0, 0.1) is 0 Å². The molecule has 1 aliphatic rings. The van der Waals surface area contributed by atoms with Gasteiger partial charge in [0.25, 0.3) is 5.91 Å². The van der Waals surface area contributed by atoms with Crippen molar-refractivity contribution in [2.75, 3.05) is 13.7 Å². The molecule has 0 unspecified atom stereocenters. The van der Waals surface area contributed by atoms with Crippen LogP contribution in [0.5, 0.6) is 11.5 Å². The van der Waals surface area contributed by atoms with Crippen LogP contribution in [0.1, 0.15) is 47.6 Å². The largest absolute Gasteiger partial charge is 0.504 e. The molecule has 24 heavy (non-hydrogen) atoms. The van der Waals surface area contributed by atoms with E-state index in [-0.39, 0.29) is 17.7 Å². The van der Waals surface area contributed by atoms with Gasteiger partial charge in [-0.25, -0.2) is 0 Å². The lowest BCUT2D eigenvalue weighted by Gasteiger charge is -2.31. The summed E-state index contributed by atoms with van der Waals surface area (Å²) in [5, 5.41) is 10.3. The van der Waals surface area contributed by atoms with E-state index in [9.17, 15) is 9.90 Å². The number of ether oxygens (including phenoxy) is 1. The van der Waals surface area contributed by atoms with Crippen molar-refractivity contribution < 1.29 is 14.6 Å². The predicted octanol–water partition coefficient (Wildman–Crippen LogP) is 4.16. The average Bonchev–Trinajstić information content (AvgIpc) is 2.88.